The van der Waals surface area contributed by atoms with Gasteiger partial charge >= 0.3 is 0 Å². The second-order valence-electron chi connectivity index (χ2n) is 6.09. The summed E-state index contributed by atoms with van der Waals surface area (Å²) in [7, 11) is 0. The zero-order chi connectivity index (χ0) is 18.9. The van der Waals surface area contributed by atoms with Crippen molar-refractivity contribution in [2.45, 2.75) is 26.6 Å². The van der Waals surface area contributed by atoms with Crippen molar-refractivity contribution in [1.82, 2.24) is 25.4 Å². The summed E-state index contributed by atoms with van der Waals surface area (Å²) >= 11 is 5.93. The number of aliphatic imine (C=N–C) groups is 1. The van der Waals surface area contributed by atoms with Crippen LogP contribution in [0.25, 0.3) is 0 Å². The normalized spacial score (nSPS) is 11.4. The van der Waals surface area contributed by atoms with Crippen molar-refractivity contribution in [2.24, 2.45) is 4.99 Å². The highest BCUT2D eigenvalue weighted by Crippen LogP contribution is 2.10. The van der Waals surface area contributed by atoms with E-state index in [1.165, 1.54) is 5.56 Å². The topological polar surface area (TPSA) is 67.1 Å². The molecule has 0 saturated heterocycles. The maximum atomic E-state index is 5.93. The lowest BCUT2D eigenvalue weighted by atomic mass is 10.1. The van der Waals surface area contributed by atoms with E-state index in [1.54, 1.807) is 17.3 Å². The molecule has 1 aromatic heterocycles. The van der Waals surface area contributed by atoms with Crippen molar-refractivity contribution in [1.29, 1.82) is 0 Å². The maximum absolute atomic E-state index is 5.93. The van der Waals surface area contributed by atoms with E-state index in [9.17, 15) is 0 Å². The van der Waals surface area contributed by atoms with Crippen LogP contribution in [0.2, 0.25) is 5.02 Å². The molecular weight excluding hydrogens is 360 g/mol. The molecule has 3 rings (SSSR count). The third-order valence-corrected chi connectivity index (χ3v) is 4.19. The zero-order valence-corrected chi connectivity index (χ0v) is 16.0. The van der Waals surface area contributed by atoms with Gasteiger partial charge in [-0.1, -0.05) is 48.0 Å². The third-order valence-electron chi connectivity index (χ3n) is 3.94. The summed E-state index contributed by atoms with van der Waals surface area (Å²) in [5.41, 5.74) is 3.48. The second-order valence-corrected chi connectivity index (χ2v) is 6.52. The maximum Gasteiger partial charge on any atom is 0.191 e. The first-order chi connectivity index (χ1) is 13.2. The van der Waals surface area contributed by atoms with E-state index in [-0.39, 0.29) is 0 Å². The van der Waals surface area contributed by atoms with Gasteiger partial charge in [0.15, 0.2) is 5.96 Å². The smallest absolute Gasteiger partial charge is 0.191 e. The number of hydrogen-bond donors (Lipinski definition) is 2. The van der Waals surface area contributed by atoms with E-state index in [2.05, 4.69) is 50.8 Å². The number of halogens is 1. The molecule has 0 aliphatic heterocycles. The minimum absolute atomic E-state index is 0.598. The van der Waals surface area contributed by atoms with E-state index >= 15 is 0 Å². The fourth-order valence-corrected chi connectivity index (χ4v) is 2.75. The molecule has 0 amide bonds. The summed E-state index contributed by atoms with van der Waals surface area (Å²) in [5, 5.41) is 11.5. The molecule has 0 atom stereocenters. The molecule has 0 fully saturated rings. The van der Waals surface area contributed by atoms with Gasteiger partial charge in [-0.2, -0.15) is 5.10 Å². The molecule has 0 spiro atoms. The van der Waals surface area contributed by atoms with Gasteiger partial charge in [0.25, 0.3) is 0 Å². The van der Waals surface area contributed by atoms with Gasteiger partial charge in [-0.25, -0.2) is 14.7 Å². The van der Waals surface area contributed by atoms with Gasteiger partial charge < -0.3 is 10.6 Å². The monoisotopic (exact) mass is 382 g/mol. The summed E-state index contributed by atoms with van der Waals surface area (Å²) in [5.74, 6) is 0.786. The minimum Gasteiger partial charge on any atom is -0.357 e. The fraction of sp³-hybridized carbons (Fsp3) is 0.250. The van der Waals surface area contributed by atoms with Crippen molar-refractivity contribution in [2.75, 3.05) is 6.54 Å². The van der Waals surface area contributed by atoms with Crippen LogP contribution in [0.1, 0.15) is 23.6 Å². The highest BCUT2D eigenvalue weighted by Gasteiger charge is 2.01. The van der Waals surface area contributed by atoms with E-state index < -0.39 is 0 Å². The fourth-order valence-electron chi connectivity index (χ4n) is 2.63. The number of guanidine groups is 1. The third kappa shape index (κ3) is 6.11. The van der Waals surface area contributed by atoms with Crippen LogP contribution in [0.3, 0.4) is 0 Å². The molecule has 2 aromatic carbocycles. The molecule has 0 unspecified atom stereocenters. The van der Waals surface area contributed by atoms with Gasteiger partial charge in [-0.15, -0.1) is 0 Å². The van der Waals surface area contributed by atoms with E-state index in [1.807, 2.05) is 30.3 Å². The molecule has 27 heavy (non-hydrogen) atoms. The van der Waals surface area contributed by atoms with Crippen LogP contribution in [0, 0.1) is 0 Å². The van der Waals surface area contributed by atoms with E-state index in [0.717, 1.165) is 28.7 Å². The van der Waals surface area contributed by atoms with Gasteiger partial charge in [0.2, 0.25) is 0 Å². The lowest BCUT2D eigenvalue weighted by molar-refractivity contribution is 0.684. The Balaban J connectivity index is 1.61. The summed E-state index contributed by atoms with van der Waals surface area (Å²) in [6.07, 6.45) is 3.26. The van der Waals surface area contributed by atoms with Crippen LogP contribution in [0.4, 0.5) is 0 Å². The Morgan fingerprint density at radius 1 is 1.07 bits per heavy atom. The minimum atomic E-state index is 0.598. The molecule has 0 aliphatic rings. The number of rotatable bonds is 7. The molecule has 1 heterocycles. The van der Waals surface area contributed by atoms with Crippen LogP contribution in [0.15, 0.2) is 66.2 Å². The molecule has 0 radical (unpaired) electrons. The molecular formula is C20H23ClN6. The SMILES string of the molecule is CCNC(=NCc1cccc(Cn2cncn2)c1)NCc1ccc(Cl)cc1. The Bertz CT molecular complexity index is 858. The number of nitrogens with zero attached hydrogens (tertiary/aromatic N) is 4. The molecule has 6 nitrogen and oxygen atoms in total. The summed E-state index contributed by atoms with van der Waals surface area (Å²) < 4.78 is 1.81. The average molecular weight is 383 g/mol. The Hall–Kier alpha value is -2.86. The largest absolute Gasteiger partial charge is 0.357 e. The Morgan fingerprint density at radius 2 is 1.89 bits per heavy atom. The van der Waals surface area contributed by atoms with Gasteiger partial charge in [-0.05, 0) is 35.7 Å². The highest BCUT2D eigenvalue weighted by atomic mass is 35.5. The molecule has 0 saturated carbocycles. The van der Waals surface area contributed by atoms with Crippen molar-refractivity contribution >= 4 is 17.6 Å². The van der Waals surface area contributed by atoms with Crippen LogP contribution >= 0.6 is 11.6 Å². The molecule has 2 N–H and O–H groups in total. The first-order valence-electron chi connectivity index (χ1n) is 8.90. The Kier molecular flexibility index (Phi) is 6.82. The van der Waals surface area contributed by atoms with Crippen molar-refractivity contribution < 1.29 is 0 Å². The molecule has 140 valence electrons. The molecule has 7 heteroatoms. The van der Waals surface area contributed by atoms with Crippen LogP contribution in [-0.4, -0.2) is 27.3 Å². The summed E-state index contributed by atoms with van der Waals surface area (Å²) in [6, 6.07) is 16.2. The van der Waals surface area contributed by atoms with E-state index in [0.29, 0.717) is 19.6 Å². The van der Waals surface area contributed by atoms with Crippen molar-refractivity contribution in [3.63, 3.8) is 0 Å². The van der Waals surface area contributed by atoms with Crippen LogP contribution in [-0.2, 0) is 19.6 Å². The lowest BCUT2D eigenvalue weighted by Gasteiger charge is -2.12. The van der Waals surface area contributed by atoms with Gasteiger partial charge in [0.1, 0.15) is 12.7 Å². The predicted octanol–water partition coefficient (Wildman–Crippen LogP) is 3.24. The number of benzene rings is 2. The van der Waals surface area contributed by atoms with Crippen molar-refractivity contribution in [3.05, 3.63) is 82.9 Å². The number of aromatic nitrogens is 3. The Labute approximate surface area is 164 Å². The number of nitrogens with one attached hydrogen (secondary N) is 2. The summed E-state index contributed by atoms with van der Waals surface area (Å²) in [4.78, 5) is 8.67. The zero-order valence-electron chi connectivity index (χ0n) is 15.3. The van der Waals surface area contributed by atoms with Crippen LogP contribution < -0.4 is 10.6 Å². The quantitative estimate of drug-likeness (QED) is 0.486. The Morgan fingerprint density at radius 3 is 2.63 bits per heavy atom. The van der Waals surface area contributed by atoms with Gasteiger partial charge in [-0.3, -0.25) is 0 Å². The second kappa shape index (κ2) is 9.73. The van der Waals surface area contributed by atoms with E-state index in [4.69, 9.17) is 11.6 Å². The number of hydrogen-bond acceptors (Lipinski definition) is 3. The first kappa shape index (κ1) is 18.9. The summed E-state index contributed by atoms with van der Waals surface area (Å²) in [6.45, 7) is 4.85. The van der Waals surface area contributed by atoms with Gasteiger partial charge in [0, 0.05) is 18.1 Å². The predicted molar refractivity (Wildman–Crippen MR) is 109 cm³/mol. The molecule has 0 aliphatic carbocycles. The van der Waals surface area contributed by atoms with Crippen molar-refractivity contribution in [3.8, 4) is 0 Å². The first-order valence-corrected chi connectivity index (χ1v) is 9.27. The average Bonchev–Trinajstić information content (AvgIpc) is 3.18. The standard InChI is InChI=1S/C20H23ClN6/c1-2-23-20(24-11-16-6-8-19(21)9-7-16)25-12-17-4-3-5-18(10-17)13-27-15-22-14-26-27/h3-10,14-15H,2,11-13H2,1H3,(H2,23,24,25). The van der Waals surface area contributed by atoms with Crippen LogP contribution in [0.5, 0.6) is 0 Å². The highest BCUT2D eigenvalue weighted by molar-refractivity contribution is 6.30. The van der Waals surface area contributed by atoms with Gasteiger partial charge in [0.05, 0.1) is 13.1 Å². The molecule has 3 aromatic rings. The lowest BCUT2D eigenvalue weighted by Crippen LogP contribution is -2.36. The molecule has 0 bridgehead atoms.